The molecule has 1 aromatic heterocycles. The number of aromatic nitrogens is 2. The summed E-state index contributed by atoms with van der Waals surface area (Å²) in [6, 6.07) is 0. The first kappa shape index (κ1) is 12.9. The summed E-state index contributed by atoms with van der Waals surface area (Å²) in [6.07, 6.45) is -1.66. The van der Waals surface area contributed by atoms with Crippen molar-refractivity contribution in [1.82, 2.24) is 9.55 Å². The molecule has 0 unspecified atom stereocenters. The monoisotopic (exact) mass is 261 g/mol. The van der Waals surface area contributed by atoms with Gasteiger partial charge in [-0.25, -0.2) is 10.7 Å². The first-order valence-corrected chi connectivity index (χ1v) is 5.19. The van der Waals surface area contributed by atoms with Gasteiger partial charge in [0.1, 0.15) is 12.3 Å². The predicted molar refractivity (Wildman–Crippen MR) is 56.0 cm³/mol. The van der Waals surface area contributed by atoms with E-state index in [1.807, 2.05) is 0 Å². The van der Waals surface area contributed by atoms with Crippen molar-refractivity contribution in [2.45, 2.75) is 24.9 Å². The van der Waals surface area contributed by atoms with Crippen LogP contribution in [0.25, 0.3) is 0 Å². The number of halogens is 1. The fourth-order valence-electron chi connectivity index (χ4n) is 1.81. The number of aliphatic hydroxyl groups excluding tert-OH is 1. The summed E-state index contributed by atoms with van der Waals surface area (Å²) in [5.41, 5.74) is -1.91. The highest BCUT2D eigenvalue weighted by Crippen LogP contribution is 2.27. The van der Waals surface area contributed by atoms with E-state index in [4.69, 9.17) is 10.6 Å². The van der Waals surface area contributed by atoms with Crippen LogP contribution in [0.4, 0.5) is 4.39 Å². The van der Waals surface area contributed by atoms with Crippen LogP contribution >= 0.6 is 0 Å². The normalized spacial score (nSPS) is 27.6. The zero-order valence-electron chi connectivity index (χ0n) is 9.21. The van der Waals surface area contributed by atoms with Crippen LogP contribution in [0.3, 0.4) is 0 Å². The molecule has 2 heterocycles. The van der Waals surface area contributed by atoms with E-state index in [0.29, 0.717) is 0 Å². The van der Waals surface area contributed by atoms with E-state index in [-0.39, 0.29) is 13.0 Å². The first-order valence-electron chi connectivity index (χ1n) is 5.19. The Bertz CT molecular complexity index is 542. The third kappa shape index (κ3) is 2.34. The van der Waals surface area contributed by atoms with Crippen LogP contribution in [0.5, 0.6) is 0 Å². The second-order valence-corrected chi connectivity index (χ2v) is 3.91. The first-order chi connectivity index (χ1) is 8.52. The number of nitrogens with two attached hydrogens (primary N) is 1. The molecule has 0 radical (unpaired) electrons. The van der Waals surface area contributed by atoms with Gasteiger partial charge in [-0.1, -0.05) is 0 Å². The summed E-state index contributed by atoms with van der Waals surface area (Å²) in [5.74, 6) is 3.76. The highest BCUT2D eigenvalue weighted by atomic mass is 19.1. The van der Waals surface area contributed by atoms with E-state index < -0.39 is 35.5 Å². The van der Waals surface area contributed by atoms with Gasteiger partial charge in [0.2, 0.25) is 5.82 Å². The van der Waals surface area contributed by atoms with Gasteiger partial charge in [-0.2, -0.15) is 4.39 Å². The molecule has 1 aliphatic rings. The predicted octanol–water partition coefficient (Wildman–Crippen LogP) is -1.79. The lowest BCUT2D eigenvalue weighted by molar-refractivity contribution is -0.0643. The number of hydrogen-bond acceptors (Lipinski definition) is 6. The molecule has 1 saturated heterocycles. The molecule has 1 fully saturated rings. The van der Waals surface area contributed by atoms with E-state index in [1.54, 1.807) is 4.98 Å². The molecule has 9 heteroatoms. The van der Waals surface area contributed by atoms with E-state index in [0.717, 1.165) is 10.8 Å². The minimum Gasteiger partial charge on any atom is -0.390 e. The number of H-pyrrole nitrogens is 1. The van der Waals surface area contributed by atoms with Crippen LogP contribution in [-0.4, -0.2) is 33.5 Å². The minimum absolute atomic E-state index is 0.0573. The van der Waals surface area contributed by atoms with E-state index in [2.05, 4.69) is 4.84 Å². The number of aromatic amines is 1. The van der Waals surface area contributed by atoms with Gasteiger partial charge in [0, 0.05) is 6.42 Å². The second-order valence-electron chi connectivity index (χ2n) is 3.91. The summed E-state index contributed by atoms with van der Waals surface area (Å²) >= 11 is 0. The SMILES string of the molecule is NOC[C@H]1O[C@@H](n2cc(F)c(=O)[nH]c2=O)C[C@@H]1O. The van der Waals surface area contributed by atoms with Crippen molar-refractivity contribution in [2.24, 2.45) is 5.90 Å². The Morgan fingerprint density at radius 2 is 2.39 bits per heavy atom. The lowest BCUT2D eigenvalue weighted by Crippen LogP contribution is -2.34. The molecule has 0 aromatic carbocycles. The molecule has 0 aliphatic carbocycles. The lowest BCUT2D eigenvalue weighted by Gasteiger charge is -2.14. The van der Waals surface area contributed by atoms with E-state index >= 15 is 0 Å². The number of rotatable bonds is 3. The summed E-state index contributed by atoms with van der Waals surface area (Å²) in [5, 5.41) is 9.62. The van der Waals surface area contributed by atoms with Crippen LogP contribution in [-0.2, 0) is 9.57 Å². The fraction of sp³-hybridized carbons (Fsp3) is 0.556. The van der Waals surface area contributed by atoms with Gasteiger partial charge in [-0.15, -0.1) is 0 Å². The molecule has 100 valence electrons. The standard InChI is InChI=1S/C9H12FN3O5/c10-4-2-13(9(16)12-8(4)15)7-1-5(14)6(18-7)3-17-11/h2,5-7,14H,1,3,11H2,(H,12,15,16)/t5-,6+,7+/m0/s1. The van der Waals surface area contributed by atoms with Crippen LogP contribution in [0.15, 0.2) is 15.8 Å². The Hall–Kier alpha value is -1.55. The lowest BCUT2D eigenvalue weighted by atomic mass is 10.2. The van der Waals surface area contributed by atoms with Crippen molar-refractivity contribution in [3.63, 3.8) is 0 Å². The van der Waals surface area contributed by atoms with Crippen molar-refractivity contribution in [2.75, 3.05) is 6.61 Å². The molecule has 1 aliphatic heterocycles. The van der Waals surface area contributed by atoms with Crippen LogP contribution in [0.2, 0.25) is 0 Å². The van der Waals surface area contributed by atoms with Gasteiger partial charge in [0.05, 0.1) is 18.9 Å². The fourth-order valence-corrected chi connectivity index (χ4v) is 1.81. The molecule has 18 heavy (non-hydrogen) atoms. The maximum Gasteiger partial charge on any atom is 0.330 e. The van der Waals surface area contributed by atoms with Gasteiger partial charge in [-0.3, -0.25) is 14.3 Å². The maximum atomic E-state index is 13.1. The molecule has 4 N–H and O–H groups in total. The number of nitrogens with one attached hydrogen (secondary N) is 1. The van der Waals surface area contributed by atoms with Crippen molar-refractivity contribution in [1.29, 1.82) is 0 Å². The number of nitrogens with zero attached hydrogens (tertiary/aromatic N) is 1. The molecule has 0 saturated carbocycles. The zero-order valence-corrected chi connectivity index (χ0v) is 9.21. The van der Waals surface area contributed by atoms with Gasteiger partial charge < -0.3 is 14.7 Å². The Morgan fingerprint density at radius 1 is 1.67 bits per heavy atom. The van der Waals surface area contributed by atoms with Crippen LogP contribution in [0, 0.1) is 5.82 Å². The second kappa shape index (κ2) is 4.98. The van der Waals surface area contributed by atoms with Gasteiger partial charge >= 0.3 is 5.69 Å². The molecule has 2 rings (SSSR count). The molecule has 1 aromatic rings. The summed E-state index contributed by atoms with van der Waals surface area (Å²) in [6.45, 7) is -0.0573. The van der Waals surface area contributed by atoms with E-state index in [1.165, 1.54) is 0 Å². The number of hydrogen-bond donors (Lipinski definition) is 3. The van der Waals surface area contributed by atoms with Crippen molar-refractivity contribution in [3.05, 3.63) is 32.9 Å². The number of ether oxygens (including phenoxy) is 1. The van der Waals surface area contributed by atoms with Crippen LogP contribution < -0.4 is 17.1 Å². The van der Waals surface area contributed by atoms with Crippen molar-refractivity contribution in [3.8, 4) is 0 Å². The molecular weight excluding hydrogens is 249 g/mol. The van der Waals surface area contributed by atoms with Gasteiger partial charge in [0.25, 0.3) is 5.56 Å². The number of aliphatic hydroxyl groups is 1. The summed E-state index contributed by atoms with van der Waals surface area (Å²) in [7, 11) is 0. The van der Waals surface area contributed by atoms with Crippen molar-refractivity contribution >= 4 is 0 Å². The van der Waals surface area contributed by atoms with Crippen LogP contribution in [0.1, 0.15) is 12.6 Å². The Balaban J connectivity index is 2.26. The topological polar surface area (TPSA) is 120 Å². The van der Waals surface area contributed by atoms with E-state index in [9.17, 15) is 19.1 Å². The van der Waals surface area contributed by atoms with Gasteiger partial charge in [0.15, 0.2) is 0 Å². The average Bonchev–Trinajstić information content (AvgIpc) is 2.66. The summed E-state index contributed by atoms with van der Waals surface area (Å²) in [4.78, 5) is 28.5. The third-order valence-electron chi connectivity index (χ3n) is 2.70. The summed E-state index contributed by atoms with van der Waals surface area (Å²) < 4.78 is 19.3. The third-order valence-corrected chi connectivity index (χ3v) is 2.70. The Labute approximate surface area is 99.7 Å². The minimum atomic E-state index is -1.11. The molecule has 0 spiro atoms. The Morgan fingerprint density at radius 3 is 3.06 bits per heavy atom. The molecular formula is C9H12FN3O5. The smallest absolute Gasteiger partial charge is 0.330 e. The maximum absolute atomic E-state index is 13.1. The molecule has 0 amide bonds. The Kier molecular flexibility index (Phi) is 3.57. The van der Waals surface area contributed by atoms with Crippen molar-refractivity contribution < 1.29 is 19.1 Å². The molecule has 3 atom stereocenters. The van der Waals surface area contributed by atoms with Gasteiger partial charge in [-0.05, 0) is 0 Å². The molecule has 8 nitrogen and oxygen atoms in total. The zero-order chi connectivity index (χ0) is 13.3. The largest absolute Gasteiger partial charge is 0.390 e. The quantitative estimate of drug-likeness (QED) is 0.553. The molecule has 0 bridgehead atoms. The highest BCUT2D eigenvalue weighted by Gasteiger charge is 2.35. The highest BCUT2D eigenvalue weighted by molar-refractivity contribution is 4.91. The average molecular weight is 261 g/mol.